The number of nitrogens with one attached hydrogen (secondary N) is 1. The van der Waals surface area contributed by atoms with Crippen molar-refractivity contribution in [3.63, 3.8) is 0 Å². The molecule has 1 fully saturated rings. The third-order valence-corrected chi connectivity index (χ3v) is 4.75. The molecule has 0 spiro atoms. The van der Waals surface area contributed by atoms with Crippen molar-refractivity contribution in [2.45, 2.75) is 44.9 Å². The predicted octanol–water partition coefficient (Wildman–Crippen LogP) is 2.40. The lowest BCUT2D eigenvalue weighted by Gasteiger charge is -2.24. The van der Waals surface area contributed by atoms with Gasteiger partial charge in [-0.1, -0.05) is 12.1 Å². The van der Waals surface area contributed by atoms with E-state index in [4.69, 9.17) is 4.42 Å². The molecule has 2 aromatic heterocycles. The Hall–Kier alpha value is -2.18. The fourth-order valence-corrected chi connectivity index (χ4v) is 3.68. The first-order valence-electron chi connectivity index (χ1n) is 8.44. The highest BCUT2D eigenvalue weighted by Gasteiger charge is 2.26. The molecule has 1 aromatic carbocycles. The van der Waals surface area contributed by atoms with Gasteiger partial charge in [-0.15, -0.1) is 0 Å². The van der Waals surface area contributed by atoms with E-state index in [1.807, 2.05) is 31.2 Å². The molecule has 2 N–H and O–H groups in total. The van der Waals surface area contributed by atoms with Crippen molar-refractivity contribution in [2.75, 3.05) is 6.54 Å². The molecular weight excluding hydrogens is 306 g/mol. The first-order chi connectivity index (χ1) is 11.6. The van der Waals surface area contributed by atoms with Gasteiger partial charge in [-0.25, -0.2) is 4.98 Å². The molecule has 0 aliphatic carbocycles. The number of hydrogen-bond donors (Lipinski definition) is 2. The van der Waals surface area contributed by atoms with Crippen molar-refractivity contribution in [1.82, 2.24) is 14.9 Å². The van der Waals surface area contributed by atoms with E-state index in [-0.39, 0.29) is 17.2 Å². The molecule has 3 heterocycles. The van der Waals surface area contributed by atoms with E-state index >= 15 is 0 Å². The summed E-state index contributed by atoms with van der Waals surface area (Å²) in [6.45, 7) is 3.37. The Balaban J connectivity index is 1.69. The van der Waals surface area contributed by atoms with Gasteiger partial charge in [-0.2, -0.15) is 0 Å². The molecule has 0 amide bonds. The van der Waals surface area contributed by atoms with Crippen LogP contribution in [0.5, 0.6) is 0 Å². The highest BCUT2D eigenvalue weighted by atomic mass is 16.3. The van der Waals surface area contributed by atoms with Gasteiger partial charge in [-0.3, -0.25) is 9.69 Å². The molecule has 4 rings (SSSR count). The zero-order valence-electron chi connectivity index (χ0n) is 13.7. The molecular formula is C18H21N3O3. The molecule has 6 heteroatoms. The summed E-state index contributed by atoms with van der Waals surface area (Å²) < 4.78 is 5.63. The Labute approximate surface area is 139 Å². The van der Waals surface area contributed by atoms with E-state index in [2.05, 4.69) is 14.9 Å². The van der Waals surface area contributed by atoms with Crippen LogP contribution < -0.4 is 5.56 Å². The molecule has 0 bridgehead atoms. The number of aliphatic hydroxyl groups excluding tert-OH is 1. The second-order valence-electron chi connectivity index (χ2n) is 6.64. The van der Waals surface area contributed by atoms with Gasteiger partial charge in [-0.05, 0) is 44.9 Å². The molecule has 0 saturated carbocycles. The molecule has 1 aliphatic heterocycles. The van der Waals surface area contributed by atoms with Gasteiger partial charge >= 0.3 is 0 Å². The quantitative estimate of drug-likeness (QED) is 0.769. The number of aromatic nitrogens is 2. The van der Waals surface area contributed by atoms with Gasteiger partial charge in [0, 0.05) is 11.4 Å². The maximum absolute atomic E-state index is 12.4. The van der Waals surface area contributed by atoms with Gasteiger partial charge < -0.3 is 14.5 Å². The molecule has 0 radical (unpaired) electrons. The van der Waals surface area contributed by atoms with Crippen LogP contribution in [0.1, 0.15) is 32.0 Å². The number of nitrogens with zero attached hydrogens (tertiary/aromatic N) is 2. The lowest BCUT2D eigenvalue weighted by molar-refractivity contribution is 0.129. The number of aromatic amines is 1. The first-order valence-corrected chi connectivity index (χ1v) is 8.44. The lowest BCUT2D eigenvalue weighted by Crippen LogP contribution is -2.32. The van der Waals surface area contributed by atoms with Crippen LogP contribution in [0.4, 0.5) is 0 Å². The van der Waals surface area contributed by atoms with Crippen LogP contribution in [0.15, 0.2) is 33.5 Å². The Morgan fingerprint density at radius 3 is 3.12 bits per heavy atom. The Kier molecular flexibility index (Phi) is 3.86. The summed E-state index contributed by atoms with van der Waals surface area (Å²) in [5, 5.41) is 10.5. The highest BCUT2D eigenvalue weighted by Crippen LogP contribution is 2.26. The minimum absolute atomic E-state index is 0.238. The van der Waals surface area contributed by atoms with E-state index in [0.29, 0.717) is 29.5 Å². The van der Waals surface area contributed by atoms with Crippen LogP contribution in [0.2, 0.25) is 0 Å². The molecule has 3 aromatic rings. The average Bonchev–Trinajstić information content (AvgIpc) is 3.12. The fourth-order valence-electron chi connectivity index (χ4n) is 3.68. The predicted molar refractivity (Wildman–Crippen MR) is 91.9 cm³/mol. The van der Waals surface area contributed by atoms with Gasteiger partial charge in [0.25, 0.3) is 5.56 Å². The molecule has 24 heavy (non-hydrogen) atoms. The number of H-pyrrole nitrogens is 1. The Morgan fingerprint density at radius 2 is 2.29 bits per heavy atom. The summed E-state index contributed by atoms with van der Waals surface area (Å²) in [6, 6.07) is 7.90. The number of aliphatic hydroxyl groups is 1. The normalized spacial score (nSPS) is 20.2. The van der Waals surface area contributed by atoms with Crippen LogP contribution in [0, 0.1) is 0 Å². The number of para-hydroxylation sites is 1. The van der Waals surface area contributed by atoms with Crippen LogP contribution in [0.25, 0.3) is 22.1 Å². The molecule has 1 aliphatic rings. The topological polar surface area (TPSA) is 82.4 Å². The van der Waals surface area contributed by atoms with Gasteiger partial charge in [0.2, 0.25) is 5.58 Å². The van der Waals surface area contributed by atoms with E-state index < -0.39 is 0 Å². The van der Waals surface area contributed by atoms with Crippen LogP contribution >= 0.6 is 0 Å². The molecule has 2 unspecified atom stereocenters. The third kappa shape index (κ3) is 2.72. The first kappa shape index (κ1) is 15.4. The summed E-state index contributed by atoms with van der Waals surface area (Å²) in [6.07, 6.45) is 2.62. The number of benzene rings is 1. The number of likely N-dealkylation sites (tertiary alicyclic amines) is 1. The largest absolute Gasteiger partial charge is 0.449 e. The SMILES string of the molecule is CC(O)CC1CCCN1Cc1nc2c(oc3ccccc32)c(=O)[nH]1. The van der Waals surface area contributed by atoms with Crippen molar-refractivity contribution >= 4 is 22.1 Å². The minimum atomic E-state index is -0.317. The Bertz CT molecular complexity index is 928. The highest BCUT2D eigenvalue weighted by molar-refractivity contribution is 6.01. The van der Waals surface area contributed by atoms with Crippen LogP contribution in [-0.4, -0.2) is 38.7 Å². The van der Waals surface area contributed by atoms with Crippen molar-refractivity contribution in [2.24, 2.45) is 0 Å². The molecule has 126 valence electrons. The zero-order chi connectivity index (χ0) is 16.7. The smallest absolute Gasteiger partial charge is 0.294 e. The van der Waals surface area contributed by atoms with Crippen molar-refractivity contribution < 1.29 is 9.52 Å². The zero-order valence-corrected chi connectivity index (χ0v) is 13.7. The summed E-state index contributed by atoms with van der Waals surface area (Å²) in [5.41, 5.74) is 1.34. The minimum Gasteiger partial charge on any atom is -0.449 e. The van der Waals surface area contributed by atoms with Gasteiger partial charge in [0.05, 0.1) is 12.6 Å². The maximum Gasteiger partial charge on any atom is 0.294 e. The number of rotatable bonds is 4. The maximum atomic E-state index is 12.4. The van der Waals surface area contributed by atoms with Gasteiger partial charge in [0.1, 0.15) is 16.9 Å². The summed E-state index contributed by atoms with van der Waals surface area (Å²) in [4.78, 5) is 22.1. The van der Waals surface area contributed by atoms with Crippen LogP contribution in [-0.2, 0) is 6.54 Å². The van der Waals surface area contributed by atoms with E-state index in [9.17, 15) is 9.90 Å². The number of fused-ring (bicyclic) bond motifs is 3. The van der Waals surface area contributed by atoms with Crippen molar-refractivity contribution in [3.05, 3.63) is 40.4 Å². The summed E-state index contributed by atoms with van der Waals surface area (Å²) >= 11 is 0. The van der Waals surface area contributed by atoms with E-state index in [0.717, 1.165) is 31.2 Å². The summed E-state index contributed by atoms with van der Waals surface area (Å²) in [7, 11) is 0. The Morgan fingerprint density at radius 1 is 1.46 bits per heavy atom. The summed E-state index contributed by atoms with van der Waals surface area (Å²) in [5.74, 6) is 0.650. The van der Waals surface area contributed by atoms with Crippen molar-refractivity contribution in [3.8, 4) is 0 Å². The van der Waals surface area contributed by atoms with Crippen molar-refractivity contribution in [1.29, 1.82) is 0 Å². The number of furan rings is 1. The fraction of sp³-hybridized carbons (Fsp3) is 0.444. The monoisotopic (exact) mass is 327 g/mol. The molecule has 6 nitrogen and oxygen atoms in total. The second-order valence-corrected chi connectivity index (χ2v) is 6.64. The molecule has 1 saturated heterocycles. The average molecular weight is 327 g/mol. The van der Waals surface area contributed by atoms with E-state index in [1.165, 1.54) is 0 Å². The second kappa shape index (κ2) is 6.03. The third-order valence-electron chi connectivity index (χ3n) is 4.75. The van der Waals surface area contributed by atoms with Gasteiger partial charge in [0.15, 0.2) is 0 Å². The standard InChI is InChI=1S/C18H21N3O3/c1-11(22)9-12-5-4-8-21(12)10-15-19-16-13-6-2-3-7-14(13)24-17(16)18(23)20-15/h2-3,6-7,11-12,22H,4-5,8-10H2,1H3,(H,19,20,23). The van der Waals surface area contributed by atoms with Crippen LogP contribution in [0.3, 0.4) is 0 Å². The lowest BCUT2D eigenvalue weighted by atomic mass is 10.1. The van der Waals surface area contributed by atoms with E-state index in [1.54, 1.807) is 0 Å². The number of hydrogen-bond acceptors (Lipinski definition) is 5. The molecule has 2 atom stereocenters.